The Morgan fingerprint density at radius 1 is 1.56 bits per heavy atom. The molecule has 5 nitrogen and oxygen atoms in total. The van der Waals surface area contributed by atoms with Crippen LogP contribution in [0.25, 0.3) is 11.0 Å². The van der Waals surface area contributed by atoms with Gasteiger partial charge in [0, 0.05) is 12.1 Å². The molecule has 0 bridgehead atoms. The number of H-pyrrole nitrogens is 1. The molecule has 1 aromatic heterocycles. The second-order valence-electron chi connectivity index (χ2n) is 4.29. The van der Waals surface area contributed by atoms with Crippen LogP contribution < -0.4 is 5.32 Å². The minimum Gasteiger partial charge on any atom is -0.391 e. The van der Waals surface area contributed by atoms with Crippen LogP contribution in [0, 0.1) is 0 Å². The minimum absolute atomic E-state index is 0.179. The summed E-state index contributed by atoms with van der Waals surface area (Å²) in [6.07, 6.45) is 2.71. The first-order valence-corrected chi connectivity index (χ1v) is 6.10. The molecule has 0 fully saturated rings. The van der Waals surface area contributed by atoms with E-state index in [0.29, 0.717) is 12.0 Å². The van der Waals surface area contributed by atoms with Gasteiger partial charge in [-0.2, -0.15) is 0 Å². The van der Waals surface area contributed by atoms with E-state index in [-0.39, 0.29) is 12.5 Å². The largest absolute Gasteiger partial charge is 0.391 e. The maximum absolute atomic E-state index is 11.9. The van der Waals surface area contributed by atoms with Gasteiger partial charge < -0.3 is 15.4 Å². The van der Waals surface area contributed by atoms with Gasteiger partial charge in [-0.1, -0.05) is 13.3 Å². The predicted octanol–water partition coefficient (Wildman–Crippen LogP) is 1.45. The molecule has 1 unspecified atom stereocenters. The molecule has 1 aromatic carbocycles. The first-order valence-electron chi connectivity index (χ1n) is 6.10. The number of amides is 1. The van der Waals surface area contributed by atoms with Crippen molar-refractivity contribution in [1.29, 1.82) is 0 Å². The smallest absolute Gasteiger partial charge is 0.251 e. The Hall–Kier alpha value is -1.88. The monoisotopic (exact) mass is 247 g/mol. The molecule has 0 radical (unpaired) electrons. The summed E-state index contributed by atoms with van der Waals surface area (Å²) < 4.78 is 0. The number of benzene rings is 1. The van der Waals surface area contributed by atoms with Crippen molar-refractivity contribution in [2.45, 2.75) is 25.9 Å². The molecule has 0 saturated heterocycles. The maximum Gasteiger partial charge on any atom is 0.251 e. The lowest BCUT2D eigenvalue weighted by molar-refractivity contribution is 0.0910. The molecule has 3 N–H and O–H groups in total. The van der Waals surface area contributed by atoms with E-state index in [1.165, 1.54) is 0 Å². The zero-order valence-corrected chi connectivity index (χ0v) is 10.3. The van der Waals surface area contributed by atoms with Gasteiger partial charge in [0.2, 0.25) is 0 Å². The molecule has 1 heterocycles. The molecular formula is C13H17N3O2. The fourth-order valence-electron chi connectivity index (χ4n) is 1.82. The highest BCUT2D eigenvalue weighted by Gasteiger charge is 2.09. The molecule has 0 saturated carbocycles. The Bertz CT molecular complexity index is 536. The topological polar surface area (TPSA) is 78.0 Å². The van der Waals surface area contributed by atoms with Crippen molar-refractivity contribution in [2.75, 3.05) is 6.54 Å². The molecular weight excluding hydrogens is 230 g/mol. The van der Waals surface area contributed by atoms with Gasteiger partial charge in [-0.15, -0.1) is 0 Å². The summed E-state index contributed by atoms with van der Waals surface area (Å²) in [5.74, 6) is -0.179. The fourth-order valence-corrected chi connectivity index (χ4v) is 1.82. The first kappa shape index (κ1) is 12.6. The molecule has 0 aliphatic carbocycles. The second-order valence-corrected chi connectivity index (χ2v) is 4.29. The molecule has 0 spiro atoms. The Morgan fingerprint density at radius 3 is 3.17 bits per heavy atom. The van der Waals surface area contributed by atoms with Gasteiger partial charge in [0.1, 0.15) is 0 Å². The van der Waals surface area contributed by atoms with Crippen molar-refractivity contribution in [1.82, 2.24) is 15.3 Å². The van der Waals surface area contributed by atoms with E-state index < -0.39 is 6.10 Å². The van der Waals surface area contributed by atoms with E-state index in [1.807, 2.05) is 6.92 Å². The van der Waals surface area contributed by atoms with Crippen molar-refractivity contribution in [3.63, 3.8) is 0 Å². The fraction of sp³-hybridized carbons (Fsp3) is 0.385. The van der Waals surface area contributed by atoms with Crippen LogP contribution >= 0.6 is 0 Å². The highest BCUT2D eigenvalue weighted by atomic mass is 16.3. The van der Waals surface area contributed by atoms with Crippen LogP contribution in [0.2, 0.25) is 0 Å². The number of carbonyl (C=O) groups excluding carboxylic acids is 1. The van der Waals surface area contributed by atoms with Gasteiger partial charge in [-0.25, -0.2) is 4.98 Å². The number of aromatic amines is 1. The third-order valence-corrected chi connectivity index (χ3v) is 2.80. The Morgan fingerprint density at radius 2 is 2.39 bits per heavy atom. The summed E-state index contributed by atoms with van der Waals surface area (Å²) in [5, 5.41) is 12.3. The number of aliphatic hydroxyl groups is 1. The van der Waals surface area contributed by atoms with Gasteiger partial charge >= 0.3 is 0 Å². The lowest BCUT2D eigenvalue weighted by Gasteiger charge is -2.10. The van der Waals surface area contributed by atoms with E-state index in [1.54, 1.807) is 24.5 Å². The molecule has 2 aromatic rings. The van der Waals surface area contributed by atoms with Crippen molar-refractivity contribution in [2.24, 2.45) is 0 Å². The number of nitrogens with zero attached hydrogens (tertiary/aromatic N) is 1. The molecule has 18 heavy (non-hydrogen) atoms. The number of carbonyl (C=O) groups is 1. The third-order valence-electron chi connectivity index (χ3n) is 2.80. The molecule has 1 amide bonds. The Balaban J connectivity index is 1.99. The standard InChI is InChI=1S/C13H17N3O2/c1-2-3-10(17)7-14-13(18)9-4-5-11-12(6-9)16-8-15-11/h4-6,8,10,17H,2-3,7H2,1H3,(H,14,18)(H,15,16). The highest BCUT2D eigenvalue weighted by molar-refractivity contribution is 5.97. The minimum atomic E-state index is -0.477. The van der Waals surface area contributed by atoms with Crippen LogP contribution in [0.5, 0.6) is 0 Å². The quantitative estimate of drug-likeness (QED) is 0.748. The van der Waals surface area contributed by atoms with Gasteiger partial charge in [-0.3, -0.25) is 4.79 Å². The van der Waals surface area contributed by atoms with Crippen LogP contribution in [0.4, 0.5) is 0 Å². The highest BCUT2D eigenvalue weighted by Crippen LogP contribution is 2.11. The number of hydrogen-bond donors (Lipinski definition) is 3. The number of hydrogen-bond acceptors (Lipinski definition) is 3. The van der Waals surface area contributed by atoms with E-state index in [9.17, 15) is 9.90 Å². The molecule has 2 rings (SSSR count). The number of imidazole rings is 1. The van der Waals surface area contributed by atoms with Crippen molar-refractivity contribution < 1.29 is 9.90 Å². The van der Waals surface area contributed by atoms with Gasteiger partial charge in [0.15, 0.2) is 0 Å². The van der Waals surface area contributed by atoms with Gasteiger partial charge in [-0.05, 0) is 24.6 Å². The molecule has 96 valence electrons. The maximum atomic E-state index is 11.9. The lowest BCUT2D eigenvalue weighted by Crippen LogP contribution is -2.31. The summed E-state index contributed by atoms with van der Waals surface area (Å²) in [6, 6.07) is 5.28. The van der Waals surface area contributed by atoms with E-state index in [2.05, 4.69) is 15.3 Å². The molecule has 5 heteroatoms. The number of aromatic nitrogens is 2. The Labute approximate surface area is 105 Å². The third kappa shape index (κ3) is 2.87. The van der Waals surface area contributed by atoms with Crippen molar-refractivity contribution >= 4 is 16.9 Å². The van der Waals surface area contributed by atoms with Crippen LogP contribution in [-0.4, -0.2) is 33.6 Å². The van der Waals surface area contributed by atoms with Crippen LogP contribution in [0.15, 0.2) is 24.5 Å². The number of rotatable bonds is 5. The van der Waals surface area contributed by atoms with Gasteiger partial charge in [0.05, 0.1) is 23.5 Å². The molecule has 1 atom stereocenters. The number of nitrogens with one attached hydrogen (secondary N) is 2. The van der Waals surface area contributed by atoms with Gasteiger partial charge in [0.25, 0.3) is 5.91 Å². The van der Waals surface area contributed by atoms with E-state index in [0.717, 1.165) is 17.5 Å². The molecule has 0 aliphatic rings. The lowest BCUT2D eigenvalue weighted by atomic mass is 10.1. The van der Waals surface area contributed by atoms with Crippen LogP contribution in [-0.2, 0) is 0 Å². The summed E-state index contributed by atoms with van der Waals surface area (Å²) in [5.41, 5.74) is 2.23. The Kier molecular flexibility index (Phi) is 3.94. The van der Waals surface area contributed by atoms with E-state index in [4.69, 9.17) is 0 Å². The first-order chi connectivity index (χ1) is 8.70. The SMILES string of the molecule is CCCC(O)CNC(=O)c1ccc2nc[nH]c2c1. The summed E-state index contributed by atoms with van der Waals surface area (Å²) in [7, 11) is 0. The zero-order chi connectivity index (χ0) is 13.0. The zero-order valence-electron chi connectivity index (χ0n) is 10.3. The van der Waals surface area contributed by atoms with E-state index >= 15 is 0 Å². The number of fused-ring (bicyclic) bond motifs is 1. The summed E-state index contributed by atoms with van der Waals surface area (Å²) in [6.45, 7) is 2.28. The normalized spacial score (nSPS) is 12.6. The summed E-state index contributed by atoms with van der Waals surface area (Å²) in [4.78, 5) is 18.9. The van der Waals surface area contributed by atoms with Crippen molar-refractivity contribution in [3.8, 4) is 0 Å². The molecule has 0 aliphatic heterocycles. The predicted molar refractivity (Wildman–Crippen MR) is 69.3 cm³/mol. The average Bonchev–Trinajstić information content (AvgIpc) is 2.83. The second kappa shape index (κ2) is 5.64. The van der Waals surface area contributed by atoms with Crippen LogP contribution in [0.1, 0.15) is 30.1 Å². The van der Waals surface area contributed by atoms with Crippen molar-refractivity contribution in [3.05, 3.63) is 30.1 Å². The number of aliphatic hydroxyl groups excluding tert-OH is 1. The van der Waals surface area contributed by atoms with Crippen LogP contribution in [0.3, 0.4) is 0 Å². The summed E-state index contributed by atoms with van der Waals surface area (Å²) >= 11 is 0. The average molecular weight is 247 g/mol.